The van der Waals surface area contributed by atoms with E-state index in [1.54, 1.807) is 31.2 Å². The van der Waals surface area contributed by atoms with E-state index < -0.39 is 0 Å². The Kier molecular flexibility index (Phi) is 8.25. The van der Waals surface area contributed by atoms with Crippen LogP contribution in [0.5, 0.6) is 0 Å². The maximum Gasteiger partial charge on any atom is 0.251 e. The Bertz CT molecular complexity index is 950. The third kappa shape index (κ3) is 6.83. The fourth-order valence-corrected chi connectivity index (χ4v) is 3.71. The van der Waals surface area contributed by atoms with E-state index in [0.717, 1.165) is 29.8 Å². The van der Waals surface area contributed by atoms with Crippen LogP contribution < -0.4 is 21.3 Å². The van der Waals surface area contributed by atoms with Gasteiger partial charge in [-0.3, -0.25) is 14.4 Å². The van der Waals surface area contributed by atoms with Crippen molar-refractivity contribution in [3.05, 3.63) is 53.6 Å². The summed E-state index contributed by atoms with van der Waals surface area (Å²) in [5.74, 6) is -0.329. The monoisotopic (exact) mass is 436 g/mol. The van der Waals surface area contributed by atoms with Crippen molar-refractivity contribution in [2.45, 2.75) is 58.4 Å². The van der Waals surface area contributed by atoms with Crippen molar-refractivity contribution in [2.24, 2.45) is 0 Å². The molecule has 1 saturated carbocycles. The number of carbonyl (C=O) groups is 3. The Balaban J connectivity index is 1.49. The molecule has 2 aromatic carbocycles. The number of amides is 3. The molecule has 2 aromatic rings. The standard InChI is InChI=1S/C25H32N4O3/c1-3-23(30)29-22-15-21(12-9-17(22)2)26-16-24(31)27-20-13-10-18(11-14-20)25(32)28-19-7-5-4-6-8-19/h9-15,19,26H,3-8,16H2,1-2H3,(H,27,31)(H,28,32)(H,29,30). The Labute approximate surface area is 189 Å². The van der Waals surface area contributed by atoms with Crippen LogP contribution in [-0.2, 0) is 9.59 Å². The molecule has 170 valence electrons. The second kappa shape index (κ2) is 11.3. The molecule has 3 amide bonds. The molecule has 3 rings (SSSR count). The predicted octanol–water partition coefficient (Wildman–Crippen LogP) is 4.46. The summed E-state index contributed by atoms with van der Waals surface area (Å²) < 4.78 is 0. The van der Waals surface area contributed by atoms with Crippen LogP contribution in [0.3, 0.4) is 0 Å². The molecule has 32 heavy (non-hydrogen) atoms. The molecule has 0 saturated heterocycles. The minimum absolute atomic E-state index is 0.0566. The molecule has 1 aliphatic carbocycles. The number of aryl methyl sites for hydroxylation is 1. The van der Waals surface area contributed by atoms with Gasteiger partial charge in [-0.15, -0.1) is 0 Å². The van der Waals surface area contributed by atoms with E-state index in [4.69, 9.17) is 0 Å². The Hall–Kier alpha value is -3.35. The molecular formula is C25H32N4O3. The van der Waals surface area contributed by atoms with Crippen LogP contribution in [0.4, 0.5) is 17.1 Å². The molecule has 0 heterocycles. The van der Waals surface area contributed by atoms with E-state index >= 15 is 0 Å². The van der Waals surface area contributed by atoms with E-state index in [2.05, 4.69) is 21.3 Å². The summed E-state index contributed by atoms with van der Waals surface area (Å²) in [6.45, 7) is 3.79. The van der Waals surface area contributed by atoms with Crippen LogP contribution in [0.15, 0.2) is 42.5 Å². The first kappa shape index (κ1) is 23.3. The Morgan fingerprint density at radius 2 is 1.56 bits per heavy atom. The molecule has 0 aromatic heterocycles. The van der Waals surface area contributed by atoms with E-state index in [-0.39, 0.29) is 30.3 Å². The van der Waals surface area contributed by atoms with Crippen molar-refractivity contribution in [3.63, 3.8) is 0 Å². The van der Waals surface area contributed by atoms with Crippen LogP contribution in [0, 0.1) is 6.92 Å². The SMILES string of the molecule is CCC(=O)Nc1cc(NCC(=O)Nc2ccc(C(=O)NC3CCCCC3)cc2)ccc1C. The average molecular weight is 437 g/mol. The number of anilines is 3. The van der Waals surface area contributed by atoms with Crippen molar-refractivity contribution in [1.29, 1.82) is 0 Å². The molecule has 4 N–H and O–H groups in total. The summed E-state index contributed by atoms with van der Waals surface area (Å²) in [6, 6.07) is 12.8. The summed E-state index contributed by atoms with van der Waals surface area (Å²) in [4.78, 5) is 36.4. The lowest BCUT2D eigenvalue weighted by Gasteiger charge is -2.22. The maximum absolute atomic E-state index is 12.4. The van der Waals surface area contributed by atoms with Crippen LogP contribution in [0.25, 0.3) is 0 Å². The third-order valence-electron chi connectivity index (χ3n) is 5.66. The number of hydrogen-bond acceptors (Lipinski definition) is 4. The fourth-order valence-electron chi connectivity index (χ4n) is 3.71. The van der Waals surface area contributed by atoms with Gasteiger partial charge in [0.1, 0.15) is 0 Å². The second-order valence-electron chi connectivity index (χ2n) is 8.22. The number of benzene rings is 2. The van der Waals surface area contributed by atoms with Crippen LogP contribution in [0.2, 0.25) is 0 Å². The third-order valence-corrected chi connectivity index (χ3v) is 5.66. The van der Waals surface area contributed by atoms with Crippen LogP contribution in [-0.4, -0.2) is 30.3 Å². The summed E-state index contributed by atoms with van der Waals surface area (Å²) in [5, 5.41) is 11.8. The predicted molar refractivity (Wildman–Crippen MR) is 128 cm³/mol. The van der Waals surface area contributed by atoms with E-state index in [1.165, 1.54) is 19.3 Å². The minimum atomic E-state index is -0.205. The quantitative estimate of drug-likeness (QED) is 0.491. The van der Waals surface area contributed by atoms with Gasteiger partial charge in [-0.2, -0.15) is 0 Å². The van der Waals surface area contributed by atoms with Gasteiger partial charge in [0.2, 0.25) is 11.8 Å². The van der Waals surface area contributed by atoms with Gasteiger partial charge in [-0.05, 0) is 61.7 Å². The highest BCUT2D eigenvalue weighted by Crippen LogP contribution is 2.21. The first-order valence-electron chi connectivity index (χ1n) is 11.3. The number of nitrogens with one attached hydrogen (secondary N) is 4. The molecule has 1 aliphatic rings. The molecule has 0 radical (unpaired) electrons. The molecule has 0 bridgehead atoms. The fraction of sp³-hybridized carbons (Fsp3) is 0.400. The highest BCUT2D eigenvalue weighted by molar-refractivity contribution is 5.97. The van der Waals surface area contributed by atoms with Gasteiger partial charge < -0.3 is 21.3 Å². The molecule has 0 unspecified atom stereocenters. The van der Waals surface area contributed by atoms with Crippen molar-refractivity contribution in [3.8, 4) is 0 Å². The molecule has 7 heteroatoms. The zero-order chi connectivity index (χ0) is 22.9. The van der Waals surface area contributed by atoms with Gasteiger partial charge in [-0.1, -0.05) is 32.3 Å². The Morgan fingerprint density at radius 1 is 0.875 bits per heavy atom. The molecular weight excluding hydrogens is 404 g/mol. The van der Waals surface area contributed by atoms with E-state index in [0.29, 0.717) is 17.7 Å². The van der Waals surface area contributed by atoms with Crippen LogP contribution >= 0.6 is 0 Å². The van der Waals surface area contributed by atoms with E-state index in [1.807, 2.05) is 25.1 Å². The van der Waals surface area contributed by atoms with Gasteiger partial charge in [-0.25, -0.2) is 0 Å². The first-order valence-corrected chi connectivity index (χ1v) is 11.3. The van der Waals surface area contributed by atoms with Crippen molar-refractivity contribution >= 4 is 34.8 Å². The maximum atomic E-state index is 12.4. The number of rotatable bonds is 8. The Morgan fingerprint density at radius 3 is 2.25 bits per heavy atom. The van der Waals surface area contributed by atoms with Gasteiger partial charge in [0.15, 0.2) is 0 Å². The van der Waals surface area contributed by atoms with Crippen molar-refractivity contribution in [2.75, 3.05) is 22.5 Å². The average Bonchev–Trinajstić information content (AvgIpc) is 2.80. The zero-order valence-electron chi connectivity index (χ0n) is 18.8. The topological polar surface area (TPSA) is 99.3 Å². The minimum Gasteiger partial charge on any atom is -0.376 e. The van der Waals surface area contributed by atoms with Crippen molar-refractivity contribution < 1.29 is 14.4 Å². The molecule has 1 fully saturated rings. The zero-order valence-corrected chi connectivity index (χ0v) is 18.8. The van der Waals surface area contributed by atoms with Gasteiger partial charge in [0.05, 0.1) is 6.54 Å². The summed E-state index contributed by atoms with van der Waals surface area (Å²) in [5.41, 5.74) is 3.64. The van der Waals surface area contributed by atoms with Crippen molar-refractivity contribution in [1.82, 2.24) is 5.32 Å². The summed E-state index contributed by atoms with van der Waals surface area (Å²) in [6.07, 6.45) is 6.07. The normalized spacial score (nSPS) is 13.8. The van der Waals surface area contributed by atoms with E-state index in [9.17, 15) is 14.4 Å². The van der Waals surface area contributed by atoms with Gasteiger partial charge in [0.25, 0.3) is 5.91 Å². The first-order chi connectivity index (χ1) is 15.4. The summed E-state index contributed by atoms with van der Waals surface area (Å²) >= 11 is 0. The lowest BCUT2D eigenvalue weighted by molar-refractivity contribution is -0.116. The summed E-state index contributed by atoms with van der Waals surface area (Å²) in [7, 11) is 0. The smallest absolute Gasteiger partial charge is 0.251 e. The van der Waals surface area contributed by atoms with Gasteiger partial charge >= 0.3 is 0 Å². The van der Waals surface area contributed by atoms with Gasteiger partial charge in [0, 0.05) is 35.1 Å². The lowest BCUT2D eigenvalue weighted by atomic mass is 9.95. The second-order valence-corrected chi connectivity index (χ2v) is 8.22. The molecule has 7 nitrogen and oxygen atoms in total. The van der Waals surface area contributed by atoms with Crippen LogP contribution in [0.1, 0.15) is 61.4 Å². The number of carbonyl (C=O) groups excluding carboxylic acids is 3. The number of hydrogen-bond donors (Lipinski definition) is 4. The molecule has 0 aliphatic heterocycles. The molecule has 0 atom stereocenters. The lowest BCUT2D eigenvalue weighted by Crippen LogP contribution is -2.36. The largest absolute Gasteiger partial charge is 0.376 e. The molecule has 0 spiro atoms. The highest BCUT2D eigenvalue weighted by Gasteiger charge is 2.16. The highest BCUT2D eigenvalue weighted by atomic mass is 16.2.